The highest BCUT2D eigenvalue weighted by atomic mass is 32.2. The van der Waals surface area contributed by atoms with Gasteiger partial charge in [0.05, 0.1) is 5.71 Å². The Balaban J connectivity index is 2.00. The quantitative estimate of drug-likeness (QED) is 0.794. The van der Waals surface area contributed by atoms with Gasteiger partial charge >= 0.3 is 0 Å². The lowest BCUT2D eigenvalue weighted by atomic mass is 9.75. The second-order valence-electron chi connectivity index (χ2n) is 7.01. The number of benzene rings is 1. The van der Waals surface area contributed by atoms with Crippen molar-refractivity contribution in [2.24, 2.45) is 9.81 Å². The van der Waals surface area contributed by atoms with E-state index in [0.29, 0.717) is 0 Å². The van der Waals surface area contributed by atoms with Gasteiger partial charge in [0.1, 0.15) is 0 Å². The van der Waals surface area contributed by atoms with E-state index in [0.717, 1.165) is 13.1 Å². The first-order valence-electron chi connectivity index (χ1n) is 7.56. The van der Waals surface area contributed by atoms with Crippen LogP contribution in [0.3, 0.4) is 0 Å². The average Bonchev–Trinajstić information content (AvgIpc) is 2.69. The molecule has 0 atom stereocenters. The Morgan fingerprint density at radius 2 is 1.85 bits per heavy atom. The highest BCUT2D eigenvalue weighted by molar-refractivity contribution is 7.99. The molecule has 1 N–H and O–H groups in total. The molecule has 2 aliphatic rings. The summed E-state index contributed by atoms with van der Waals surface area (Å²) >= 11 is 1.73. The van der Waals surface area contributed by atoms with Gasteiger partial charge in [-0.25, -0.2) is 4.40 Å². The minimum atomic E-state index is 0.179. The van der Waals surface area contributed by atoms with E-state index in [4.69, 9.17) is 4.40 Å². The van der Waals surface area contributed by atoms with Crippen LogP contribution in [0.1, 0.15) is 44.7 Å². The monoisotopic (exact) mass is 288 g/mol. The SMILES string of the molecule is CC(C)(C)S/N=C1\c2ccccc2CC12CCNCC2. The van der Waals surface area contributed by atoms with Crippen molar-refractivity contribution >= 4 is 17.7 Å². The van der Waals surface area contributed by atoms with Crippen molar-refractivity contribution in [2.45, 2.75) is 44.8 Å². The van der Waals surface area contributed by atoms with E-state index in [1.54, 1.807) is 11.9 Å². The van der Waals surface area contributed by atoms with E-state index in [1.807, 2.05) is 0 Å². The average molecular weight is 288 g/mol. The third-order valence-corrected chi connectivity index (χ3v) is 5.10. The normalized spacial score (nSPS) is 23.2. The summed E-state index contributed by atoms with van der Waals surface area (Å²) in [5.41, 5.74) is 4.52. The van der Waals surface area contributed by atoms with Crippen LogP contribution in [0.15, 0.2) is 28.7 Å². The van der Waals surface area contributed by atoms with Crippen LogP contribution < -0.4 is 5.32 Å². The molecule has 1 saturated heterocycles. The zero-order chi connectivity index (χ0) is 14.2. The minimum Gasteiger partial charge on any atom is -0.317 e. The lowest BCUT2D eigenvalue weighted by Gasteiger charge is -2.34. The molecule has 1 fully saturated rings. The molecule has 108 valence electrons. The standard InChI is InChI=1S/C17H24N2S/c1-16(2,3)20-19-15-14-7-5-4-6-13(14)12-17(15)8-10-18-11-9-17/h4-7,18H,8-12H2,1-3H3/b19-15+. The molecule has 0 amide bonds. The number of rotatable bonds is 1. The molecule has 1 aromatic rings. The van der Waals surface area contributed by atoms with Crippen LogP contribution in [0.5, 0.6) is 0 Å². The van der Waals surface area contributed by atoms with Crippen LogP contribution in [0.2, 0.25) is 0 Å². The van der Waals surface area contributed by atoms with Gasteiger partial charge in [-0.2, -0.15) is 0 Å². The summed E-state index contributed by atoms with van der Waals surface area (Å²) in [5.74, 6) is 0. The fourth-order valence-corrected chi connectivity index (χ4v) is 3.94. The van der Waals surface area contributed by atoms with Crippen molar-refractivity contribution < 1.29 is 0 Å². The summed E-state index contributed by atoms with van der Waals surface area (Å²) in [6, 6.07) is 8.85. The molecule has 3 rings (SSSR count). The summed E-state index contributed by atoms with van der Waals surface area (Å²) < 4.78 is 5.20. The lowest BCUT2D eigenvalue weighted by molar-refractivity contribution is 0.306. The number of nitrogens with one attached hydrogen (secondary N) is 1. The van der Waals surface area contributed by atoms with Crippen LogP contribution in [0.4, 0.5) is 0 Å². The number of hydrogen-bond acceptors (Lipinski definition) is 3. The molecule has 0 radical (unpaired) electrons. The van der Waals surface area contributed by atoms with Gasteiger partial charge in [0.25, 0.3) is 0 Å². The van der Waals surface area contributed by atoms with Crippen molar-refractivity contribution in [1.29, 1.82) is 0 Å². The Morgan fingerprint density at radius 3 is 2.55 bits per heavy atom. The predicted molar refractivity (Wildman–Crippen MR) is 88.6 cm³/mol. The molecule has 0 unspecified atom stereocenters. The fraction of sp³-hybridized carbons (Fsp3) is 0.588. The Labute approximate surface area is 126 Å². The van der Waals surface area contributed by atoms with Crippen LogP contribution in [0, 0.1) is 5.41 Å². The molecular formula is C17H24N2S. The second-order valence-corrected chi connectivity index (χ2v) is 8.60. The maximum Gasteiger partial charge on any atom is 0.0628 e. The molecule has 20 heavy (non-hydrogen) atoms. The Hall–Kier alpha value is -0.800. The molecule has 1 spiro atoms. The molecule has 1 aliphatic carbocycles. The molecule has 1 heterocycles. The number of nitrogens with zero attached hydrogens (tertiary/aromatic N) is 1. The molecule has 3 heteroatoms. The highest BCUT2D eigenvalue weighted by Gasteiger charge is 2.43. The van der Waals surface area contributed by atoms with Crippen molar-refractivity contribution in [3.63, 3.8) is 0 Å². The number of hydrogen-bond donors (Lipinski definition) is 1. The largest absolute Gasteiger partial charge is 0.317 e. The topological polar surface area (TPSA) is 24.4 Å². The molecule has 0 aromatic heterocycles. The highest BCUT2D eigenvalue weighted by Crippen LogP contribution is 2.45. The Bertz CT molecular complexity index is 522. The van der Waals surface area contributed by atoms with Gasteiger partial charge in [-0.15, -0.1) is 0 Å². The molecular weight excluding hydrogens is 264 g/mol. The van der Waals surface area contributed by atoms with Gasteiger partial charge in [0.2, 0.25) is 0 Å². The van der Waals surface area contributed by atoms with Crippen LogP contribution in [-0.2, 0) is 6.42 Å². The summed E-state index contributed by atoms with van der Waals surface area (Å²) in [6.07, 6.45) is 3.60. The van der Waals surface area contributed by atoms with E-state index in [2.05, 4.69) is 50.4 Å². The number of piperidine rings is 1. The zero-order valence-corrected chi connectivity index (χ0v) is 13.5. The molecule has 0 bridgehead atoms. The van der Waals surface area contributed by atoms with E-state index in [9.17, 15) is 0 Å². The van der Waals surface area contributed by atoms with Gasteiger partial charge in [0.15, 0.2) is 0 Å². The van der Waals surface area contributed by atoms with Crippen LogP contribution in [-0.4, -0.2) is 23.5 Å². The smallest absolute Gasteiger partial charge is 0.0628 e. The van der Waals surface area contributed by atoms with E-state index < -0.39 is 0 Å². The van der Waals surface area contributed by atoms with E-state index in [-0.39, 0.29) is 10.2 Å². The zero-order valence-electron chi connectivity index (χ0n) is 12.7. The Morgan fingerprint density at radius 1 is 1.15 bits per heavy atom. The maximum atomic E-state index is 5.02. The summed E-state index contributed by atoms with van der Waals surface area (Å²) in [5, 5.41) is 3.49. The van der Waals surface area contributed by atoms with E-state index in [1.165, 1.54) is 36.1 Å². The van der Waals surface area contributed by atoms with Gasteiger partial charge in [0, 0.05) is 15.7 Å². The van der Waals surface area contributed by atoms with Crippen molar-refractivity contribution in [3.8, 4) is 0 Å². The minimum absolute atomic E-state index is 0.179. The van der Waals surface area contributed by atoms with Gasteiger partial charge in [-0.05, 0) is 70.6 Å². The molecule has 2 nitrogen and oxygen atoms in total. The van der Waals surface area contributed by atoms with Crippen molar-refractivity contribution in [3.05, 3.63) is 35.4 Å². The third-order valence-electron chi connectivity index (χ3n) is 4.28. The molecule has 0 saturated carbocycles. The maximum absolute atomic E-state index is 5.02. The predicted octanol–water partition coefficient (Wildman–Crippen LogP) is 3.85. The first-order valence-corrected chi connectivity index (χ1v) is 8.33. The molecule has 1 aliphatic heterocycles. The summed E-state index contributed by atoms with van der Waals surface area (Å²) in [6.45, 7) is 8.94. The van der Waals surface area contributed by atoms with Crippen molar-refractivity contribution in [2.75, 3.05) is 13.1 Å². The molecule has 1 aromatic carbocycles. The van der Waals surface area contributed by atoms with Crippen molar-refractivity contribution in [1.82, 2.24) is 5.32 Å². The first kappa shape index (κ1) is 14.2. The third kappa shape index (κ3) is 2.66. The van der Waals surface area contributed by atoms with Gasteiger partial charge in [-0.3, -0.25) is 0 Å². The lowest BCUT2D eigenvalue weighted by Crippen LogP contribution is -2.41. The van der Waals surface area contributed by atoms with Crippen LogP contribution in [0.25, 0.3) is 0 Å². The number of fused-ring (bicyclic) bond motifs is 1. The second kappa shape index (κ2) is 5.19. The first-order chi connectivity index (χ1) is 9.50. The van der Waals surface area contributed by atoms with E-state index >= 15 is 0 Å². The Kier molecular flexibility index (Phi) is 3.67. The fourth-order valence-electron chi connectivity index (χ4n) is 3.29. The van der Waals surface area contributed by atoms with Crippen LogP contribution >= 0.6 is 11.9 Å². The van der Waals surface area contributed by atoms with Gasteiger partial charge in [-0.1, -0.05) is 24.3 Å². The van der Waals surface area contributed by atoms with Gasteiger partial charge < -0.3 is 5.32 Å². The summed E-state index contributed by atoms with van der Waals surface area (Å²) in [4.78, 5) is 0. The summed E-state index contributed by atoms with van der Waals surface area (Å²) in [7, 11) is 0.